The first-order valence-electron chi connectivity index (χ1n) is 8.41. The second-order valence-corrected chi connectivity index (χ2v) is 6.86. The molecule has 0 atom stereocenters. The standard InChI is InChI=1S/C20H16F2N2O2S/c21-16-5-4-13(10-17(16)22)12-23-7-8-25-15-3-1-2-14(11-15)19-20-18(26-24-19)6-9-27-20/h1-6,9-11,23H,7-8,12H2. The minimum atomic E-state index is -0.839. The monoisotopic (exact) mass is 386 g/mol. The molecule has 0 spiro atoms. The van der Waals surface area contributed by atoms with Gasteiger partial charge in [-0.25, -0.2) is 8.78 Å². The number of benzene rings is 2. The lowest BCUT2D eigenvalue weighted by Gasteiger charge is -2.09. The van der Waals surface area contributed by atoms with Crippen LogP contribution in [-0.2, 0) is 6.54 Å². The Morgan fingerprint density at radius 2 is 2.00 bits per heavy atom. The van der Waals surface area contributed by atoms with Gasteiger partial charge < -0.3 is 14.6 Å². The summed E-state index contributed by atoms with van der Waals surface area (Å²) in [6.45, 7) is 1.46. The van der Waals surface area contributed by atoms with Crippen LogP contribution in [0.1, 0.15) is 5.56 Å². The molecular formula is C20H16F2N2O2S. The molecule has 2 aromatic heterocycles. The number of nitrogens with zero attached hydrogens (tertiary/aromatic N) is 1. The molecule has 0 saturated heterocycles. The van der Waals surface area contributed by atoms with Gasteiger partial charge in [0.05, 0.1) is 0 Å². The highest BCUT2D eigenvalue weighted by molar-refractivity contribution is 7.17. The summed E-state index contributed by atoms with van der Waals surface area (Å²) < 4.78 is 38.2. The molecule has 4 rings (SSSR count). The topological polar surface area (TPSA) is 47.3 Å². The molecule has 0 fully saturated rings. The molecule has 4 nitrogen and oxygen atoms in total. The summed E-state index contributed by atoms with van der Waals surface area (Å²) in [6, 6.07) is 13.4. The van der Waals surface area contributed by atoms with E-state index in [2.05, 4.69) is 10.5 Å². The molecule has 0 bridgehead atoms. The Kier molecular flexibility index (Phi) is 5.13. The second kappa shape index (κ2) is 7.85. The van der Waals surface area contributed by atoms with Crippen molar-refractivity contribution in [2.24, 2.45) is 0 Å². The second-order valence-electron chi connectivity index (χ2n) is 5.95. The molecule has 2 heterocycles. The first-order valence-corrected chi connectivity index (χ1v) is 9.29. The van der Waals surface area contributed by atoms with Crippen LogP contribution >= 0.6 is 11.3 Å². The smallest absolute Gasteiger partial charge is 0.178 e. The number of ether oxygens (including phenoxy) is 1. The maximum atomic E-state index is 13.2. The van der Waals surface area contributed by atoms with Crippen LogP contribution in [0.2, 0.25) is 0 Å². The molecule has 4 aromatic rings. The average Bonchev–Trinajstić information content (AvgIpc) is 3.28. The molecule has 0 unspecified atom stereocenters. The summed E-state index contributed by atoms with van der Waals surface area (Å²) >= 11 is 1.59. The van der Waals surface area contributed by atoms with Gasteiger partial charge in [0.2, 0.25) is 0 Å². The van der Waals surface area contributed by atoms with Crippen molar-refractivity contribution in [1.29, 1.82) is 0 Å². The summed E-state index contributed by atoms with van der Waals surface area (Å²) in [6.07, 6.45) is 0. The van der Waals surface area contributed by atoms with Gasteiger partial charge in [0.1, 0.15) is 22.8 Å². The van der Waals surface area contributed by atoms with E-state index in [0.717, 1.165) is 33.4 Å². The van der Waals surface area contributed by atoms with Gasteiger partial charge in [0.15, 0.2) is 17.2 Å². The van der Waals surface area contributed by atoms with E-state index < -0.39 is 11.6 Å². The van der Waals surface area contributed by atoms with Crippen molar-refractivity contribution in [1.82, 2.24) is 10.5 Å². The molecule has 0 aliphatic rings. The van der Waals surface area contributed by atoms with Crippen LogP contribution in [0.25, 0.3) is 21.5 Å². The minimum Gasteiger partial charge on any atom is -0.492 e. The van der Waals surface area contributed by atoms with Crippen molar-refractivity contribution in [3.63, 3.8) is 0 Å². The zero-order valence-corrected chi connectivity index (χ0v) is 15.1. The first-order chi connectivity index (χ1) is 13.2. The quantitative estimate of drug-likeness (QED) is 0.454. The number of nitrogens with one attached hydrogen (secondary N) is 1. The van der Waals surface area contributed by atoms with E-state index in [1.54, 1.807) is 17.4 Å². The lowest BCUT2D eigenvalue weighted by Crippen LogP contribution is -2.20. The molecule has 0 saturated carbocycles. The highest BCUT2D eigenvalue weighted by atomic mass is 32.1. The third kappa shape index (κ3) is 3.99. The SMILES string of the molecule is Fc1ccc(CNCCOc2cccc(-c3noc4ccsc34)c2)cc1F. The van der Waals surface area contributed by atoms with Crippen molar-refractivity contribution in [3.05, 3.63) is 71.1 Å². The molecule has 0 aliphatic heterocycles. The molecule has 2 aromatic carbocycles. The molecule has 1 N–H and O–H groups in total. The van der Waals surface area contributed by atoms with Gasteiger partial charge in [-0.05, 0) is 41.3 Å². The summed E-state index contributed by atoms with van der Waals surface area (Å²) in [4.78, 5) is 0. The molecule has 0 aliphatic carbocycles. The van der Waals surface area contributed by atoms with Crippen molar-refractivity contribution in [2.45, 2.75) is 6.54 Å². The predicted octanol–water partition coefficient (Wildman–Crippen LogP) is 5.00. The van der Waals surface area contributed by atoms with E-state index in [4.69, 9.17) is 9.26 Å². The molecule has 0 amide bonds. The van der Waals surface area contributed by atoms with Crippen LogP contribution in [0.5, 0.6) is 5.75 Å². The van der Waals surface area contributed by atoms with Crippen LogP contribution in [0.4, 0.5) is 8.78 Å². The predicted molar refractivity (Wildman–Crippen MR) is 101 cm³/mol. The fraction of sp³-hybridized carbons (Fsp3) is 0.150. The van der Waals surface area contributed by atoms with Gasteiger partial charge in [-0.15, -0.1) is 11.3 Å². The lowest BCUT2D eigenvalue weighted by molar-refractivity contribution is 0.313. The Labute approximate surface area is 158 Å². The number of halogens is 2. The molecular weight excluding hydrogens is 370 g/mol. The van der Waals surface area contributed by atoms with Crippen LogP contribution < -0.4 is 10.1 Å². The molecule has 7 heteroatoms. The maximum absolute atomic E-state index is 13.2. The highest BCUT2D eigenvalue weighted by Gasteiger charge is 2.12. The summed E-state index contributed by atoms with van der Waals surface area (Å²) in [5.41, 5.74) is 3.20. The van der Waals surface area contributed by atoms with E-state index in [-0.39, 0.29) is 0 Å². The Morgan fingerprint density at radius 1 is 1.07 bits per heavy atom. The largest absolute Gasteiger partial charge is 0.492 e. The van der Waals surface area contributed by atoms with Gasteiger partial charge in [-0.3, -0.25) is 0 Å². The van der Waals surface area contributed by atoms with E-state index in [1.165, 1.54) is 6.07 Å². The fourth-order valence-corrected chi connectivity index (χ4v) is 3.53. The Balaban J connectivity index is 1.31. The Bertz CT molecular complexity index is 1060. The molecule has 138 valence electrons. The molecule has 27 heavy (non-hydrogen) atoms. The van der Waals surface area contributed by atoms with Crippen LogP contribution in [0.15, 0.2) is 58.4 Å². The normalized spacial score (nSPS) is 11.2. The van der Waals surface area contributed by atoms with Gasteiger partial charge in [0.25, 0.3) is 0 Å². The van der Waals surface area contributed by atoms with Crippen molar-refractivity contribution < 1.29 is 18.0 Å². The number of fused-ring (bicyclic) bond motifs is 1. The number of hydrogen-bond donors (Lipinski definition) is 1. The van der Waals surface area contributed by atoms with Crippen molar-refractivity contribution in [2.75, 3.05) is 13.2 Å². The van der Waals surface area contributed by atoms with Gasteiger partial charge in [0, 0.05) is 18.7 Å². The number of hydrogen-bond acceptors (Lipinski definition) is 5. The summed E-state index contributed by atoms with van der Waals surface area (Å²) in [5, 5.41) is 9.25. The van der Waals surface area contributed by atoms with Crippen LogP contribution in [-0.4, -0.2) is 18.3 Å². The fourth-order valence-electron chi connectivity index (χ4n) is 2.72. The average molecular weight is 386 g/mol. The van der Waals surface area contributed by atoms with Gasteiger partial charge in [-0.2, -0.15) is 0 Å². The summed E-state index contributed by atoms with van der Waals surface area (Å²) in [7, 11) is 0. The van der Waals surface area contributed by atoms with E-state index in [0.29, 0.717) is 25.3 Å². The van der Waals surface area contributed by atoms with Gasteiger partial charge in [-0.1, -0.05) is 23.4 Å². The maximum Gasteiger partial charge on any atom is 0.178 e. The number of thiophene rings is 1. The number of rotatable bonds is 7. The highest BCUT2D eigenvalue weighted by Crippen LogP contribution is 2.33. The van der Waals surface area contributed by atoms with Crippen molar-refractivity contribution in [3.8, 4) is 17.0 Å². The Hall–Kier alpha value is -2.77. The van der Waals surface area contributed by atoms with Crippen LogP contribution in [0.3, 0.4) is 0 Å². The third-order valence-electron chi connectivity index (χ3n) is 4.05. The lowest BCUT2D eigenvalue weighted by atomic mass is 10.1. The van der Waals surface area contributed by atoms with Crippen LogP contribution in [0, 0.1) is 11.6 Å². The number of aromatic nitrogens is 1. The first kappa shape index (κ1) is 17.6. The van der Waals surface area contributed by atoms with E-state index in [1.807, 2.05) is 35.7 Å². The molecule has 0 radical (unpaired) electrons. The third-order valence-corrected chi connectivity index (χ3v) is 4.95. The van der Waals surface area contributed by atoms with Gasteiger partial charge >= 0.3 is 0 Å². The Morgan fingerprint density at radius 3 is 2.89 bits per heavy atom. The van der Waals surface area contributed by atoms with E-state index in [9.17, 15) is 8.78 Å². The minimum absolute atomic E-state index is 0.440. The zero-order chi connectivity index (χ0) is 18.6. The van der Waals surface area contributed by atoms with E-state index >= 15 is 0 Å². The van der Waals surface area contributed by atoms with Crippen molar-refractivity contribution >= 4 is 21.6 Å². The summed E-state index contributed by atoms with van der Waals surface area (Å²) in [5.74, 6) is -0.946. The zero-order valence-electron chi connectivity index (χ0n) is 14.2.